The number of rotatable bonds is 5. The Hall–Kier alpha value is -3.21. The molecule has 0 fully saturated rings. The zero-order valence-electron chi connectivity index (χ0n) is 15.4. The zero-order valence-corrected chi connectivity index (χ0v) is 16.2. The largest absolute Gasteiger partial charge is 0.487 e. The van der Waals surface area contributed by atoms with Gasteiger partial charge in [-0.1, -0.05) is 23.5 Å². The molecule has 1 aliphatic carbocycles. The fourth-order valence-corrected chi connectivity index (χ4v) is 4.03. The number of anilines is 1. The second-order valence-electron chi connectivity index (χ2n) is 5.92. The molecular formula is C18H18N6O3S. The predicted octanol–water partition coefficient (Wildman–Crippen LogP) is 2.46. The summed E-state index contributed by atoms with van der Waals surface area (Å²) in [6.07, 6.45) is 0. The lowest BCUT2D eigenvalue weighted by Gasteiger charge is -2.20. The molecule has 28 heavy (non-hydrogen) atoms. The van der Waals surface area contributed by atoms with Crippen molar-refractivity contribution < 1.29 is 14.3 Å². The van der Waals surface area contributed by atoms with Gasteiger partial charge in [-0.25, -0.2) is 15.6 Å². The number of carbonyl (C=O) groups is 2. The zero-order chi connectivity index (χ0) is 19.8. The van der Waals surface area contributed by atoms with Crippen LogP contribution in [0.5, 0.6) is 5.06 Å². The lowest BCUT2D eigenvalue weighted by molar-refractivity contribution is 0.104. The number of hydrogen-bond donors (Lipinski definition) is 4. The number of carbonyl (C=O) groups excluding carboxylic acids is 2. The van der Waals surface area contributed by atoms with Gasteiger partial charge in [-0.3, -0.25) is 9.89 Å². The first kappa shape index (κ1) is 18.2. The minimum atomic E-state index is -0.444. The molecule has 0 spiro atoms. The SMILES string of the molecule is CNN(NC)C(=O)Nc1cccc2c1C(=O)c1c-2n[nH]c1-c1ccc(OC)s1. The van der Waals surface area contributed by atoms with Crippen LogP contribution < -0.4 is 20.9 Å². The maximum absolute atomic E-state index is 13.2. The number of ketones is 1. The van der Waals surface area contributed by atoms with Gasteiger partial charge >= 0.3 is 6.03 Å². The van der Waals surface area contributed by atoms with E-state index in [1.165, 1.54) is 16.5 Å². The van der Waals surface area contributed by atoms with Crippen LogP contribution >= 0.6 is 11.3 Å². The van der Waals surface area contributed by atoms with Gasteiger partial charge in [0.15, 0.2) is 10.8 Å². The Labute approximate surface area is 164 Å². The molecule has 4 rings (SSSR count). The summed E-state index contributed by atoms with van der Waals surface area (Å²) in [7, 11) is 4.81. The summed E-state index contributed by atoms with van der Waals surface area (Å²) in [5.41, 5.74) is 8.67. The van der Waals surface area contributed by atoms with Gasteiger partial charge in [0.05, 0.1) is 34.5 Å². The van der Waals surface area contributed by atoms with Gasteiger partial charge < -0.3 is 10.1 Å². The van der Waals surface area contributed by atoms with Crippen LogP contribution in [-0.4, -0.2) is 48.3 Å². The first-order valence-electron chi connectivity index (χ1n) is 8.45. The normalized spacial score (nSPS) is 11.9. The quantitative estimate of drug-likeness (QED) is 0.384. The molecule has 2 amide bonds. The molecule has 0 saturated heterocycles. The summed E-state index contributed by atoms with van der Waals surface area (Å²) in [5, 5.41) is 12.0. The van der Waals surface area contributed by atoms with Crippen molar-refractivity contribution in [2.45, 2.75) is 0 Å². The van der Waals surface area contributed by atoms with Crippen molar-refractivity contribution in [2.24, 2.45) is 0 Å². The van der Waals surface area contributed by atoms with Crippen molar-refractivity contribution in [1.82, 2.24) is 26.2 Å². The summed E-state index contributed by atoms with van der Waals surface area (Å²) in [6, 6.07) is 8.58. The van der Waals surface area contributed by atoms with E-state index in [9.17, 15) is 9.59 Å². The maximum atomic E-state index is 13.2. The Bertz CT molecular complexity index is 1070. The van der Waals surface area contributed by atoms with Crippen LogP contribution in [0.2, 0.25) is 0 Å². The average Bonchev–Trinajstić information content (AvgIpc) is 3.40. The molecular weight excluding hydrogens is 380 g/mol. The van der Waals surface area contributed by atoms with Crippen molar-refractivity contribution >= 4 is 28.8 Å². The molecule has 0 aliphatic heterocycles. The number of amides is 2. The molecule has 1 aromatic carbocycles. The maximum Gasteiger partial charge on any atom is 0.351 e. The van der Waals surface area contributed by atoms with E-state index < -0.39 is 6.03 Å². The van der Waals surface area contributed by atoms with E-state index in [4.69, 9.17) is 4.74 Å². The fourth-order valence-electron chi connectivity index (χ4n) is 3.21. The first-order valence-corrected chi connectivity index (χ1v) is 9.27. The Balaban J connectivity index is 1.74. The second-order valence-corrected chi connectivity index (χ2v) is 6.96. The Morgan fingerprint density at radius 3 is 2.64 bits per heavy atom. The van der Waals surface area contributed by atoms with Gasteiger partial charge in [0.25, 0.3) is 0 Å². The molecule has 3 aromatic rings. The summed E-state index contributed by atoms with van der Waals surface area (Å²) < 4.78 is 5.24. The number of nitrogens with zero attached hydrogens (tertiary/aromatic N) is 2. The summed E-state index contributed by atoms with van der Waals surface area (Å²) in [5.74, 6) is -0.183. The van der Waals surface area contributed by atoms with Crippen LogP contribution in [0.3, 0.4) is 0 Å². The highest BCUT2D eigenvalue weighted by Gasteiger charge is 2.35. The Morgan fingerprint density at radius 2 is 1.96 bits per heavy atom. The van der Waals surface area contributed by atoms with Crippen molar-refractivity contribution in [2.75, 3.05) is 26.5 Å². The number of aromatic nitrogens is 2. The van der Waals surface area contributed by atoms with Crippen molar-refractivity contribution in [3.63, 3.8) is 0 Å². The number of ether oxygens (including phenoxy) is 1. The molecule has 2 aromatic heterocycles. The summed E-state index contributed by atoms with van der Waals surface area (Å²) >= 11 is 1.42. The number of H-pyrrole nitrogens is 1. The molecule has 2 heterocycles. The highest BCUT2D eigenvalue weighted by molar-refractivity contribution is 7.17. The van der Waals surface area contributed by atoms with Crippen LogP contribution in [0.15, 0.2) is 30.3 Å². The van der Waals surface area contributed by atoms with E-state index in [0.29, 0.717) is 33.8 Å². The highest BCUT2D eigenvalue weighted by atomic mass is 32.1. The third-order valence-corrected chi connectivity index (χ3v) is 5.52. The summed E-state index contributed by atoms with van der Waals surface area (Å²) in [4.78, 5) is 26.5. The number of thiophene rings is 1. The minimum absolute atomic E-state index is 0.183. The van der Waals surface area contributed by atoms with E-state index in [-0.39, 0.29) is 5.78 Å². The van der Waals surface area contributed by atoms with Crippen LogP contribution in [-0.2, 0) is 0 Å². The smallest absolute Gasteiger partial charge is 0.351 e. The number of nitrogens with one attached hydrogen (secondary N) is 4. The van der Waals surface area contributed by atoms with Crippen LogP contribution in [0.1, 0.15) is 15.9 Å². The van der Waals surface area contributed by atoms with Gasteiger partial charge in [-0.2, -0.15) is 10.2 Å². The average molecular weight is 398 g/mol. The number of aromatic amines is 1. The molecule has 1 aliphatic rings. The summed E-state index contributed by atoms with van der Waals surface area (Å²) in [6.45, 7) is 0. The number of benzene rings is 1. The molecule has 10 heteroatoms. The standard InChI is InChI=1S/C18H18N6O3S/c1-19-24(20-2)18(26)21-10-6-4-5-9-13(10)17(25)14-15(9)22-23-16(14)11-7-8-12(27-3)28-11/h4-8,19-20H,1-3H3,(H,21,26)(H,22,23). The topological polar surface area (TPSA) is 111 Å². The van der Waals surface area contributed by atoms with Gasteiger partial charge in [-0.05, 0) is 18.2 Å². The molecule has 9 nitrogen and oxygen atoms in total. The Morgan fingerprint density at radius 1 is 1.18 bits per heavy atom. The fraction of sp³-hybridized carbons (Fsp3) is 0.167. The molecule has 0 radical (unpaired) electrons. The molecule has 0 atom stereocenters. The van der Waals surface area contributed by atoms with Crippen molar-refractivity contribution in [3.05, 3.63) is 41.5 Å². The monoisotopic (exact) mass is 398 g/mol. The molecule has 0 unspecified atom stereocenters. The minimum Gasteiger partial charge on any atom is -0.487 e. The van der Waals surface area contributed by atoms with Gasteiger partial charge in [0.2, 0.25) is 0 Å². The predicted molar refractivity (Wildman–Crippen MR) is 106 cm³/mol. The molecule has 4 N–H and O–H groups in total. The van der Waals surface area contributed by atoms with E-state index in [1.54, 1.807) is 33.3 Å². The second kappa shape index (κ2) is 7.08. The highest BCUT2D eigenvalue weighted by Crippen LogP contribution is 2.44. The third-order valence-electron chi connectivity index (χ3n) is 4.46. The number of urea groups is 1. The molecule has 144 valence electrons. The number of hydrogen-bond acceptors (Lipinski definition) is 7. The first-order chi connectivity index (χ1) is 13.6. The lowest BCUT2D eigenvalue weighted by atomic mass is 10.1. The van der Waals surface area contributed by atoms with Gasteiger partial charge in [0, 0.05) is 19.7 Å². The van der Waals surface area contributed by atoms with E-state index in [0.717, 1.165) is 9.94 Å². The van der Waals surface area contributed by atoms with E-state index in [2.05, 4.69) is 26.4 Å². The van der Waals surface area contributed by atoms with Crippen molar-refractivity contribution in [1.29, 1.82) is 0 Å². The van der Waals surface area contributed by atoms with Gasteiger partial charge in [0.1, 0.15) is 5.69 Å². The number of methoxy groups -OCH3 is 1. The third kappa shape index (κ3) is 2.74. The van der Waals surface area contributed by atoms with Crippen LogP contribution in [0.4, 0.5) is 10.5 Å². The van der Waals surface area contributed by atoms with E-state index >= 15 is 0 Å². The van der Waals surface area contributed by atoms with Gasteiger partial charge in [-0.15, -0.1) is 0 Å². The Kier molecular flexibility index (Phi) is 4.59. The van der Waals surface area contributed by atoms with Crippen LogP contribution in [0.25, 0.3) is 21.8 Å². The molecule has 0 bridgehead atoms. The van der Waals surface area contributed by atoms with Crippen molar-refractivity contribution in [3.8, 4) is 26.9 Å². The molecule has 0 saturated carbocycles. The lowest BCUT2D eigenvalue weighted by Crippen LogP contribution is -2.50. The van der Waals surface area contributed by atoms with Crippen LogP contribution in [0, 0.1) is 0 Å². The van der Waals surface area contributed by atoms with E-state index in [1.807, 2.05) is 18.2 Å². The number of hydrazine groups is 2. The number of fused-ring (bicyclic) bond motifs is 3.